The molecular formula is C27H49NO2. The molecule has 0 saturated heterocycles. The highest BCUT2D eigenvalue weighted by Gasteiger charge is 2.43. The van der Waals surface area contributed by atoms with E-state index < -0.39 is 0 Å². The third-order valence-electron chi connectivity index (χ3n) is 7.26. The lowest BCUT2D eigenvalue weighted by molar-refractivity contribution is 0.139. The summed E-state index contributed by atoms with van der Waals surface area (Å²) >= 11 is 0. The predicted molar refractivity (Wildman–Crippen MR) is 128 cm³/mol. The number of rotatable bonds is 16. The number of fused-ring (bicyclic) bond motifs is 1. The minimum absolute atomic E-state index is 0.215. The Morgan fingerprint density at radius 3 is 2.63 bits per heavy atom. The zero-order valence-electron chi connectivity index (χ0n) is 20.0. The van der Waals surface area contributed by atoms with E-state index >= 15 is 0 Å². The highest BCUT2D eigenvalue weighted by atomic mass is 16.3. The third-order valence-corrected chi connectivity index (χ3v) is 7.26. The van der Waals surface area contributed by atoms with Gasteiger partial charge in [-0.25, -0.2) is 0 Å². The van der Waals surface area contributed by atoms with Gasteiger partial charge < -0.3 is 15.5 Å². The van der Waals surface area contributed by atoms with Crippen LogP contribution in [0.25, 0.3) is 0 Å². The Morgan fingerprint density at radius 1 is 1.10 bits per heavy atom. The van der Waals surface area contributed by atoms with E-state index in [-0.39, 0.29) is 18.1 Å². The molecule has 0 spiro atoms. The van der Waals surface area contributed by atoms with Crippen LogP contribution in [0.5, 0.6) is 0 Å². The molecule has 0 bridgehead atoms. The van der Waals surface area contributed by atoms with Crippen molar-refractivity contribution in [3.8, 4) is 0 Å². The zero-order valence-corrected chi connectivity index (χ0v) is 20.0. The standard InChI is InChI=1S/C27H49NO2/c1-4-6-11-21(3)17-24(29)13-14-25-26-19-22(18-23(26)20-27(25)30)12-9-8-10-16-28-15-7-5-2/h13-14,18,21,23-30H,4-12,15-17,19-20H2,1-3H3/b14-13+/t21-,23-,24+,25+,26-,27+/m0/s1. The van der Waals surface area contributed by atoms with Gasteiger partial charge in [0.2, 0.25) is 0 Å². The summed E-state index contributed by atoms with van der Waals surface area (Å²) in [4.78, 5) is 0. The molecule has 2 rings (SSSR count). The van der Waals surface area contributed by atoms with Gasteiger partial charge in [-0.05, 0) is 75.8 Å². The monoisotopic (exact) mass is 419 g/mol. The molecule has 0 unspecified atom stereocenters. The van der Waals surface area contributed by atoms with Gasteiger partial charge in [0.25, 0.3) is 0 Å². The highest BCUT2D eigenvalue weighted by molar-refractivity contribution is 5.21. The van der Waals surface area contributed by atoms with E-state index in [4.69, 9.17) is 0 Å². The van der Waals surface area contributed by atoms with Gasteiger partial charge in [0.1, 0.15) is 0 Å². The van der Waals surface area contributed by atoms with Crippen LogP contribution in [0.3, 0.4) is 0 Å². The summed E-state index contributed by atoms with van der Waals surface area (Å²) in [6.07, 6.45) is 20.2. The number of nitrogens with one attached hydrogen (secondary N) is 1. The molecule has 1 saturated carbocycles. The molecule has 3 heteroatoms. The Kier molecular flexibility index (Phi) is 12.3. The van der Waals surface area contributed by atoms with Crippen molar-refractivity contribution in [2.45, 2.75) is 110 Å². The molecule has 3 N–H and O–H groups in total. The smallest absolute Gasteiger partial charge is 0.0723 e. The van der Waals surface area contributed by atoms with Crippen LogP contribution in [0.4, 0.5) is 0 Å². The summed E-state index contributed by atoms with van der Waals surface area (Å²) in [6, 6.07) is 0. The maximum atomic E-state index is 10.6. The van der Waals surface area contributed by atoms with E-state index in [2.05, 4.69) is 38.2 Å². The molecular weight excluding hydrogens is 370 g/mol. The SMILES string of the molecule is CCCCNCCCCCC1=C[C@H]2C[C@@H](O)[C@H](/C=C/[C@@H](O)C[C@@H](C)CCCC)[C@H]2C1. The second kappa shape index (κ2) is 14.4. The van der Waals surface area contributed by atoms with Crippen molar-refractivity contribution in [3.05, 3.63) is 23.8 Å². The van der Waals surface area contributed by atoms with Gasteiger partial charge in [-0.1, -0.05) is 76.7 Å². The van der Waals surface area contributed by atoms with E-state index in [0.29, 0.717) is 17.8 Å². The molecule has 2 aliphatic carbocycles. The van der Waals surface area contributed by atoms with Crippen molar-refractivity contribution in [1.29, 1.82) is 0 Å². The van der Waals surface area contributed by atoms with Crippen LogP contribution in [0.15, 0.2) is 23.8 Å². The minimum Gasteiger partial charge on any atom is -0.392 e. The van der Waals surface area contributed by atoms with Crippen molar-refractivity contribution < 1.29 is 10.2 Å². The Hall–Kier alpha value is -0.640. The Morgan fingerprint density at radius 2 is 1.87 bits per heavy atom. The van der Waals surface area contributed by atoms with E-state index in [9.17, 15) is 10.2 Å². The van der Waals surface area contributed by atoms with E-state index in [0.717, 1.165) is 32.4 Å². The second-order valence-corrected chi connectivity index (χ2v) is 10.1. The summed E-state index contributed by atoms with van der Waals surface area (Å²) in [5.74, 6) is 1.87. The fraction of sp³-hybridized carbons (Fsp3) is 0.852. The van der Waals surface area contributed by atoms with Crippen LogP contribution in [-0.2, 0) is 0 Å². The molecule has 0 radical (unpaired) electrons. The molecule has 0 heterocycles. The van der Waals surface area contributed by atoms with Gasteiger partial charge in [-0.2, -0.15) is 0 Å². The van der Waals surface area contributed by atoms with Crippen LogP contribution in [0.2, 0.25) is 0 Å². The van der Waals surface area contributed by atoms with Gasteiger partial charge in [0.05, 0.1) is 12.2 Å². The van der Waals surface area contributed by atoms with Gasteiger partial charge in [0, 0.05) is 5.92 Å². The largest absolute Gasteiger partial charge is 0.392 e. The number of aliphatic hydroxyl groups excluding tert-OH is 2. The zero-order chi connectivity index (χ0) is 21.8. The first kappa shape index (κ1) is 25.6. The number of hydrogen-bond acceptors (Lipinski definition) is 3. The van der Waals surface area contributed by atoms with E-state index in [1.807, 2.05) is 6.08 Å². The van der Waals surface area contributed by atoms with Crippen LogP contribution in [-0.4, -0.2) is 35.5 Å². The number of allylic oxidation sites excluding steroid dienone is 2. The van der Waals surface area contributed by atoms with Crippen molar-refractivity contribution >= 4 is 0 Å². The van der Waals surface area contributed by atoms with Crippen molar-refractivity contribution in [2.24, 2.45) is 23.7 Å². The van der Waals surface area contributed by atoms with Crippen molar-refractivity contribution in [2.75, 3.05) is 13.1 Å². The molecule has 0 amide bonds. The highest BCUT2D eigenvalue weighted by Crippen LogP contribution is 2.48. The quantitative estimate of drug-likeness (QED) is 0.212. The van der Waals surface area contributed by atoms with Crippen LogP contribution in [0.1, 0.15) is 97.8 Å². The fourth-order valence-corrected chi connectivity index (χ4v) is 5.41. The lowest BCUT2D eigenvalue weighted by Crippen LogP contribution is -2.18. The molecule has 0 aromatic rings. The summed E-state index contributed by atoms with van der Waals surface area (Å²) in [5.41, 5.74) is 1.61. The van der Waals surface area contributed by atoms with Gasteiger partial charge in [-0.3, -0.25) is 0 Å². The first-order valence-corrected chi connectivity index (χ1v) is 13.0. The van der Waals surface area contributed by atoms with Crippen LogP contribution >= 0.6 is 0 Å². The second-order valence-electron chi connectivity index (χ2n) is 10.1. The fourth-order valence-electron chi connectivity index (χ4n) is 5.41. The Labute approximate surface area is 186 Å². The maximum Gasteiger partial charge on any atom is 0.0723 e. The molecule has 0 aliphatic heterocycles. The molecule has 3 nitrogen and oxygen atoms in total. The predicted octanol–water partition coefficient (Wildman–Crippen LogP) is 6.01. The van der Waals surface area contributed by atoms with Gasteiger partial charge in [-0.15, -0.1) is 0 Å². The first-order valence-electron chi connectivity index (χ1n) is 13.0. The van der Waals surface area contributed by atoms with E-state index in [1.54, 1.807) is 5.57 Å². The van der Waals surface area contributed by atoms with Crippen LogP contribution < -0.4 is 5.32 Å². The molecule has 2 aliphatic rings. The van der Waals surface area contributed by atoms with Gasteiger partial charge >= 0.3 is 0 Å². The first-order chi connectivity index (χ1) is 14.5. The Balaban J connectivity index is 1.68. The third kappa shape index (κ3) is 8.85. The molecule has 1 fully saturated rings. The molecule has 0 aromatic carbocycles. The lowest BCUT2D eigenvalue weighted by Gasteiger charge is -2.19. The molecule has 30 heavy (non-hydrogen) atoms. The lowest BCUT2D eigenvalue weighted by atomic mass is 9.88. The average molecular weight is 420 g/mol. The van der Waals surface area contributed by atoms with Crippen molar-refractivity contribution in [1.82, 2.24) is 5.32 Å². The minimum atomic E-state index is -0.372. The number of hydrogen-bond donors (Lipinski definition) is 3. The summed E-state index contributed by atoms with van der Waals surface area (Å²) in [6.45, 7) is 9.01. The molecule has 0 aromatic heterocycles. The van der Waals surface area contributed by atoms with Crippen molar-refractivity contribution in [3.63, 3.8) is 0 Å². The average Bonchev–Trinajstić information content (AvgIpc) is 3.23. The summed E-state index contributed by atoms with van der Waals surface area (Å²) < 4.78 is 0. The maximum absolute atomic E-state index is 10.6. The normalized spacial score (nSPS) is 28.1. The molecule has 174 valence electrons. The summed E-state index contributed by atoms with van der Waals surface area (Å²) in [5, 5.41) is 24.5. The van der Waals surface area contributed by atoms with Crippen LogP contribution in [0, 0.1) is 23.7 Å². The van der Waals surface area contributed by atoms with Gasteiger partial charge in [0.15, 0.2) is 0 Å². The number of aliphatic hydroxyl groups is 2. The van der Waals surface area contributed by atoms with E-state index in [1.165, 1.54) is 57.8 Å². The topological polar surface area (TPSA) is 52.5 Å². The molecule has 6 atom stereocenters. The summed E-state index contributed by atoms with van der Waals surface area (Å²) in [7, 11) is 0. The number of unbranched alkanes of at least 4 members (excludes halogenated alkanes) is 4. The Bertz CT molecular complexity index is 515.